The van der Waals surface area contributed by atoms with Crippen LogP contribution < -0.4 is 9.47 Å². The number of carbonyl (C=O) groups is 1. The zero-order valence-corrected chi connectivity index (χ0v) is 18.8. The summed E-state index contributed by atoms with van der Waals surface area (Å²) in [7, 11) is 0. The molecule has 0 amide bonds. The first kappa shape index (κ1) is 20.8. The van der Waals surface area contributed by atoms with E-state index in [2.05, 4.69) is 0 Å². The van der Waals surface area contributed by atoms with E-state index in [1.165, 1.54) is 0 Å². The van der Waals surface area contributed by atoms with Gasteiger partial charge in [0.05, 0.1) is 17.4 Å². The van der Waals surface area contributed by atoms with Crippen LogP contribution in [0.15, 0.2) is 84.8 Å². The summed E-state index contributed by atoms with van der Waals surface area (Å²) < 4.78 is 13.5. The van der Waals surface area contributed by atoms with Crippen LogP contribution in [0.5, 0.6) is 11.5 Å². The summed E-state index contributed by atoms with van der Waals surface area (Å²) in [5.41, 5.74) is 5.02. The number of benzene rings is 3. The molecule has 0 N–H and O–H groups in total. The SMILES string of the molecule is Cc1ccc2c(c1)C(=O)/C(=C/c1cn(-c3ccccc3)nc1-c1ccc(OC(C)C)cc1)O2. The quantitative estimate of drug-likeness (QED) is 0.347. The van der Waals surface area contributed by atoms with Gasteiger partial charge in [0.1, 0.15) is 17.2 Å². The van der Waals surface area contributed by atoms with Gasteiger partial charge in [-0.25, -0.2) is 4.68 Å². The van der Waals surface area contributed by atoms with Crippen LogP contribution in [-0.2, 0) is 0 Å². The Kier molecular flexibility index (Phi) is 5.31. The largest absolute Gasteiger partial charge is 0.491 e. The first-order valence-corrected chi connectivity index (χ1v) is 10.9. The monoisotopic (exact) mass is 436 g/mol. The maximum atomic E-state index is 13.0. The minimum absolute atomic E-state index is 0.101. The van der Waals surface area contributed by atoms with Gasteiger partial charge < -0.3 is 9.47 Å². The number of allylic oxidation sites excluding steroid dienone is 1. The number of aromatic nitrogens is 2. The van der Waals surface area contributed by atoms with Crippen molar-refractivity contribution in [1.82, 2.24) is 9.78 Å². The number of nitrogens with zero attached hydrogens (tertiary/aromatic N) is 2. The standard InChI is InChI=1S/C28H24N2O3/c1-18(2)32-23-12-10-20(11-13-23)27-21(17-30(29-27)22-7-5-4-6-8-22)16-26-28(31)24-15-19(3)9-14-25(24)33-26/h4-18H,1-3H3/b26-16-. The minimum atomic E-state index is -0.118. The third-order valence-corrected chi connectivity index (χ3v) is 5.37. The number of rotatable bonds is 5. The van der Waals surface area contributed by atoms with Crippen molar-refractivity contribution in [3.05, 3.63) is 101 Å². The second kappa shape index (κ2) is 8.43. The first-order chi connectivity index (χ1) is 16.0. The van der Waals surface area contributed by atoms with Gasteiger partial charge in [-0.2, -0.15) is 5.10 Å². The lowest BCUT2D eigenvalue weighted by Crippen LogP contribution is -2.05. The molecular formula is C28H24N2O3. The number of ketones is 1. The van der Waals surface area contributed by atoms with E-state index in [-0.39, 0.29) is 11.9 Å². The zero-order valence-electron chi connectivity index (χ0n) is 18.8. The number of fused-ring (bicyclic) bond motifs is 1. The molecule has 33 heavy (non-hydrogen) atoms. The molecule has 5 rings (SSSR count). The molecule has 1 aliphatic rings. The van der Waals surface area contributed by atoms with Crippen molar-refractivity contribution in [3.8, 4) is 28.4 Å². The highest BCUT2D eigenvalue weighted by atomic mass is 16.5. The molecular weight excluding hydrogens is 412 g/mol. The lowest BCUT2D eigenvalue weighted by Gasteiger charge is -2.09. The van der Waals surface area contributed by atoms with Crippen LogP contribution in [0.4, 0.5) is 0 Å². The van der Waals surface area contributed by atoms with Crippen LogP contribution in [0.1, 0.15) is 35.3 Å². The van der Waals surface area contributed by atoms with Crippen LogP contribution in [0, 0.1) is 6.92 Å². The maximum absolute atomic E-state index is 13.0. The highest BCUT2D eigenvalue weighted by Crippen LogP contribution is 2.34. The Labute approximate surface area is 192 Å². The predicted octanol–water partition coefficient (Wildman–Crippen LogP) is 6.25. The number of hydrogen-bond acceptors (Lipinski definition) is 4. The zero-order chi connectivity index (χ0) is 22.9. The van der Waals surface area contributed by atoms with E-state index in [9.17, 15) is 4.79 Å². The molecule has 0 aliphatic carbocycles. The van der Waals surface area contributed by atoms with Crippen LogP contribution in [0.2, 0.25) is 0 Å². The molecule has 0 unspecified atom stereocenters. The van der Waals surface area contributed by atoms with E-state index < -0.39 is 0 Å². The summed E-state index contributed by atoms with van der Waals surface area (Å²) in [6.45, 7) is 5.96. The second-order valence-electron chi connectivity index (χ2n) is 8.34. The maximum Gasteiger partial charge on any atom is 0.231 e. The third-order valence-electron chi connectivity index (χ3n) is 5.37. The lowest BCUT2D eigenvalue weighted by molar-refractivity contribution is 0.101. The Balaban J connectivity index is 1.57. The Morgan fingerprint density at radius 2 is 1.76 bits per heavy atom. The summed E-state index contributed by atoms with van der Waals surface area (Å²) in [6, 6.07) is 23.3. The molecule has 1 aromatic heterocycles. The average Bonchev–Trinajstić information content (AvgIpc) is 3.36. The molecule has 164 valence electrons. The van der Waals surface area contributed by atoms with E-state index in [0.717, 1.165) is 33.8 Å². The fourth-order valence-corrected chi connectivity index (χ4v) is 3.84. The molecule has 0 fully saturated rings. The summed E-state index contributed by atoms with van der Waals surface area (Å²) in [5.74, 6) is 1.57. The Hall–Kier alpha value is -4.12. The van der Waals surface area contributed by atoms with Gasteiger partial charge in [-0.3, -0.25) is 4.79 Å². The van der Waals surface area contributed by atoms with Crippen LogP contribution in [-0.4, -0.2) is 21.7 Å². The number of ether oxygens (including phenoxy) is 2. The Morgan fingerprint density at radius 1 is 1.00 bits per heavy atom. The topological polar surface area (TPSA) is 53.4 Å². The second-order valence-corrected chi connectivity index (χ2v) is 8.34. The number of aryl methyl sites for hydroxylation is 1. The molecule has 0 saturated heterocycles. The summed E-state index contributed by atoms with van der Waals surface area (Å²) >= 11 is 0. The van der Waals surface area contributed by atoms with E-state index >= 15 is 0 Å². The van der Waals surface area contributed by atoms with Crippen LogP contribution in [0.25, 0.3) is 23.0 Å². The average molecular weight is 437 g/mol. The van der Waals surface area contributed by atoms with Gasteiger partial charge in [0.15, 0.2) is 5.76 Å². The normalized spacial score (nSPS) is 13.9. The van der Waals surface area contributed by atoms with Gasteiger partial charge in [-0.05, 0) is 75.4 Å². The predicted molar refractivity (Wildman–Crippen MR) is 129 cm³/mol. The van der Waals surface area contributed by atoms with E-state index in [1.54, 1.807) is 6.08 Å². The van der Waals surface area contributed by atoms with Gasteiger partial charge in [-0.15, -0.1) is 0 Å². The smallest absolute Gasteiger partial charge is 0.231 e. The molecule has 5 nitrogen and oxygen atoms in total. The molecule has 5 heteroatoms. The van der Waals surface area contributed by atoms with Gasteiger partial charge in [-0.1, -0.05) is 29.8 Å². The van der Waals surface area contributed by atoms with E-state index in [1.807, 2.05) is 104 Å². The number of Topliss-reactive ketones (excluding diaryl/α,β-unsaturated/α-hetero) is 1. The fourth-order valence-electron chi connectivity index (χ4n) is 3.84. The molecule has 0 saturated carbocycles. The van der Waals surface area contributed by atoms with Gasteiger partial charge in [0.25, 0.3) is 0 Å². The number of carbonyl (C=O) groups excluding carboxylic acids is 1. The number of para-hydroxylation sites is 1. The third kappa shape index (κ3) is 4.17. The highest BCUT2D eigenvalue weighted by molar-refractivity contribution is 6.14. The molecule has 2 heterocycles. The molecule has 3 aromatic carbocycles. The molecule has 0 radical (unpaired) electrons. The summed E-state index contributed by atoms with van der Waals surface area (Å²) in [4.78, 5) is 13.0. The van der Waals surface area contributed by atoms with Gasteiger partial charge in [0, 0.05) is 17.3 Å². The van der Waals surface area contributed by atoms with E-state index in [4.69, 9.17) is 14.6 Å². The van der Waals surface area contributed by atoms with Crippen molar-refractivity contribution in [3.63, 3.8) is 0 Å². The first-order valence-electron chi connectivity index (χ1n) is 10.9. The molecule has 0 atom stereocenters. The van der Waals surface area contributed by atoms with Crippen molar-refractivity contribution in [2.24, 2.45) is 0 Å². The van der Waals surface area contributed by atoms with Gasteiger partial charge in [0.2, 0.25) is 5.78 Å². The van der Waals surface area contributed by atoms with Crippen molar-refractivity contribution in [2.75, 3.05) is 0 Å². The van der Waals surface area contributed by atoms with Gasteiger partial charge >= 0.3 is 0 Å². The Bertz CT molecular complexity index is 1350. The van der Waals surface area contributed by atoms with Crippen LogP contribution in [0.3, 0.4) is 0 Å². The molecule has 0 bridgehead atoms. The van der Waals surface area contributed by atoms with Crippen molar-refractivity contribution in [1.29, 1.82) is 0 Å². The molecule has 1 aliphatic heterocycles. The van der Waals surface area contributed by atoms with Crippen LogP contribution >= 0.6 is 0 Å². The van der Waals surface area contributed by atoms with Crippen molar-refractivity contribution < 1.29 is 14.3 Å². The van der Waals surface area contributed by atoms with E-state index in [0.29, 0.717) is 17.1 Å². The molecule has 0 spiro atoms. The highest BCUT2D eigenvalue weighted by Gasteiger charge is 2.28. The Morgan fingerprint density at radius 3 is 2.48 bits per heavy atom. The number of hydrogen-bond donors (Lipinski definition) is 0. The van der Waals surface area contributed by atoms with Crippen molar-refractivity contribution in [2.45, 2.75) is 26.9 Å². The fraction of sp³-hybridized carbons (Fsp3) is 0.143. The summed E-state index contributed by atoms with van der Waals surface area (Å²) in [6.07, 6.45) is 3.79. The lowest BCUT2D eigenvalue weighted by atomic mass is 10.0. The molecule has 4 aromatic rings. The minimum Gasteiger partial charge on any atom is -0.491 e. The summed E-state index contributed by atoms with van der Waals surface area (Å²) in [5, 5.41) is 4.84. The van der Waals surface area contributed by atoms with Crippen molar-refractivity contribution >= 4 is 11.9 Å².